The molecule has 1 aliphatic heterocycles. The summed E-state index contributed by atoms with van der Waals surface area (Å²) >= 11 is 0. The van der Waals surface area contributed by atoms with Gasteiger partial charge in [-0.15, -0.1) is 12.4 Å². The van der Waals surface area contributed by atoms with Crippen LogP contribution in [-0.4, -0.2) is 36.3 Å². The zero-order chi connectivity index (χ0) is 13.0. The van der Waals surface area contributed by atoms with Crippen molar-refractivity contribution < 1.29 is 9.53 Å². The van der Waals surface area contributed by atoms with E-state index in [1.165, 1.54) is 10.6 Å². The first-order valence-corrected chi connectivity index (χ1v) is 6.04. The number of anilines is 1. The molecule has 0 spiro atoms. The van der Waals surface area contributed by atoms with Gasteiger partial charge in [-0.05, 0) is 13.0 Å². The largest absolute Gasteiger partial charge is 0.366 e. The minimum absolute atomic E-state index is 0. The SMILES string of the molecule is CCn1cc(NC(=O)C2CNCCO2)ccc1=O.Cl. The number of carbonyl (C=O) groups is 1. The van der Waals surface area contributed by atoms with Crippen molar-refractivity contribution in [3.05, 3.63) is 28.7 Å². The van der Waals surface area contributed by atoms with Crippen molar-refractivity contribution in [1.29, 1.82) is 0 Å². The van der Waals surface area contributed by atoms with Crippen molar-refractivity contribution in [2.45, 2.75) is 19.6 Å². The maximum atomic E-state index is 11.9. The number of nitrogens with zero attached hydrogens (tertiary/aromatic N) is 1. The van der Waals surface area contributed by atoms with Gasteiger partial charge in [0, 0.05) is 31.9 Å². The number of morpholine rings is 1. The Morgan fingerprint density at radius 3 is 3.00 bits per heavy atom. The summed E-state index contributed by atoms with van der Waals surface area (Å²) < 4.78 is 6.89. The first-order chi connectivity index (χ1) is 8.70. The highest BCUT2D eigenvalue weighted by Crippen LogP contribution is 2.06. The van der Waals surface area contributed by atoms with Gasteiger partial charge in [0.15, 0.2) is 0 Å². The molecule has 0 aromatic carbocycles. The number of halogens is 1. The maximum absolute atomic E-state index is 11.9. The third-order valence-electron chi connectivity index (χ3n) is 2.81. The molecule has 106 valence electrons. The number of pyridine rings is 1. The van der Waals surface area contributed by atoms with E-state index in [1.807, 2.05) is 6.92 Å². The zero-order valence-corrected chi connectivity index (χ0v) is 11.5. The number of amides is 1. The lowest BCUT2D eigenvalue weighted by Gasteiger charge is -2.22. The van der Waals surface area contributed by atoms with Gasteiger partial charge < -0.3 is 19.9 Å². The van der Waals surface area contributed by atoms with Crippen LogP contribution in [0.1, 0.15) is 6.92 Å². The molecule has 1 unspecified atom stereocenters. The summed E-state index contributed by atoms with van der Waals surface area (Å²) in [5.41, 5.74) is 0.529. The summed E-state index contributed by atoms with van der Waals surface area (Å²) in [7, 11) is 0. The number of rotatable bonds is 3. The summed E-state index contributed by atoms with van der Waals surface area (Å²) in [6, 6.07) is 3.04. The number of ether oxygens (including phenoxy) is 1. The van der Waals surface area contributed by atoms with Crippen molar-refractivity contribution >= 4 is 24.0 Å². The fourth-order valence-corrected chi connectivity index (χ4v) is 1.81. The van der Waals surface area contributed by atoms with E-state index in [9.17, 15) is 9.59 Å². The number of hydrogen-bond acceptors (Lipinski definition) is 4. The molecule has 1 aromatic heterocycles. The minimum atomic E-state index is -0.472. The molecule has 1 fully saturated rings. The molecule has 2 N–H and O–H groups in total. The van der Waals surface area contributed by atoms with Crippen LogP contribution in [0.3, 0.4) is 0 Å². The zero-order valence-electron chi connectivity index (χ0n) is 10.7. The number of hydrogen-bond donors (Lipinski definition) is 2. The van der Waals surface area contributed by atoms with E-state index in [1.54, 1.807) is 12.3 Å². The van der Waals surface area contributed by atoms with Crippen LogP contribution in [0, 0.1) is 0 Å². The Morgan fingerprint density at radius 1 is 1.58 bits per heavy atom. The van der Waals surface area contributed by atoms with Gasteiger partial charge in [0.2, 0.25) is 0 Å². The first-order valence-electron chi connectivity index (χ1n) is 6.04. The molecule has 0 aliphatic carbocycles. The van der Waals surface area contributed by atoms with Gasteiger partial charge in [0.1, 0.15) is 6.10 Å². The third-order valence-corrected chi connectivity index (χ3v) is 2.81. The average Bonchev–Trinajstić information content (AvgIpc) is 2.42. The summed E-state index contributed by atoms with van der Waals surface area (Å²) in [5.74, 6) is -0.191. The summed E-state index contributed by atoms with van der Waals surface area (Å²) in [4.78, 5) is 23.3. The van der Waals surface area contributed by atoms with Crippen LogP contribution in [0.5, 0.6) is 0 Å². The van der Waals surface area contributed by atoms with Crippen LogP contribution >= 0.6 is 12.4 Å². The monoisotopic (exact) mass is 287 g/mol. The molecule has 0 bridgehead atoms. The van der Waals surface area contributed by atoms with E-state index < -0.39 is 6.10 Å². The minimum Gasteiger partial charge on any atom is -0.366 e. The van der Waals surface area contributed by atoms with Crippen molar-refractivity contribution in [1.82, 2.24) is 9.88 Å². The van der Waals surface area contributed by atoms with Gasteiger partial charge in [-0.3, -0.25) is 9.59 Å². The molecule has 6 nitrogen and oxygen atoms in total. The number of aromatic nitrogens is 1. The Labute approximate surface area is 117 Å². The van der Waals surface area contributed by atoms with Gasteiger partial charge in [0.05, 0.1) is 12.3 Å². The Bertz CT molecular complexity index is 483. The van der Waals surface area contributed by atoms with Crippen LogP contribution in [0.4, 0.5) is 5.69 Å². The lowest BCUT2D eigenvalue weighted by Crippen LogP contribution is -2.45. The second kappa shape index (κ2) is 7.28. The van der Waals surface area contributed by atoms with E-state index in [0.29, 0.717) is 25.4 Å². The smallest absolute Gasteiger partial charge is 0.254 e. The van der Waals surface area contributed by atoms with Crippen LogP contribution in [0.25, 0.3) is 0 Å². The van der Waals surface area contributed by atoms with Gasteiger partial charge in [-0.1, -0.05) is 0 Å². The highest BCUT2D eigenvalue weighted by atomic mass is 35.5. The third kappa shape index (κ3) is 4.05. The molecule has 1 amide bonds. The molecule has 19 heavy (non-hydrogen) atoms. The molecule has 0 radical (unpaired) electrons. The van der Waals surface area contributed by atoms with E-state index in [4.69, 9.17) is 4.74 Å². The summed E-state index contributed by atoms with van der Waals surface area (Å²) in [5, 5.41) is 5.84. The molecule has 1 aliphatic rings. The Balaban J connectivity index is 0.00000180. The molecule has 2 rings (SSSR count). The molecule has 1 aromatic rings. The molecular weight excluding hydrogens is 270 g/mol. The topological polar surface area (TPSA) is 72.4 Å². The highest BCUT2D eigenvalue weighted by molar-refractivity contribution is 5.94. The van der Waals surface area contributed by atoms with Gasteiger partial charge in [-0.25, -0.2) is 0 Å². The summed E-state index contributed by atoms with van der Waals surface area (Å²) in [6.07, 6.45) is 1.16. The fraction of sp³-hybridized carbons (Fsp3) is 0.500. The van der Waals surface area contributed by atoms with Crippen LogP contribution in [-0.2, 0) is 16.1 Å². The number of nitrogens with one attached hydrogen (secondary N) is 2. The predicted molar refractivity (Wildman–Crippen MR) is 74.9 cm³/mol. The predicted octanol–water partition coefficient (Wildman–Crippen LogP) is 0.217. The van der Waals surface area contributed by atoms with Crippen LogP contribution in [0.2, 0.25) is 0 Å². The fourth-order valence-electron chi connectivity index (χ4n) is 1.81. The van der Waals surface area contributed by atoms with Crippen molar-refractivity contribution in [3.63, 3.8) is 0 Å². The van der Waals surface area contributed by atoms with Crippen molar-refractivity contribution in [3.8, 4) is 0 Å². The quantitative estimate of drug-likeness (QED) is 0.834. The molecule has 1 saturated heterocycles. The van der Waals surface area contributed by atoms with Crippen LogP contribution in [0.15, 0.2) is 23.1 Å². The van der Waals surface area contributed by atoms with Crippen molar-refractivity contribution in [2.75, 3.05) is 25.0 Å². The van der Waals surface area contributed by atoms with E-state index >= 15 is 0 Å². The molecule has 7 heteroatoms. The Kier molecular flexibility index (Phi) is 6.01. The Morgan fingerprint density at radius 2 is 2.37 bits per heavy atom. The second-order valence-corrected chi connectivity index (χ2v) is 4.09. The lowest BCUT2D eigenvalue weighted by atomic mass is 10.3. The molecule has 2 heterocycles. The van der Waals surface area contributed by atoms with E-state index in [-0.39, 0.29) is 23.9 Å². The van der Waals surface area contributed by atoms with E-state index in [0.717, 1.165) is 6.54 Å². The standard InChI is InChI=1S/C12H17N3O3.ClH/c1-2-15-8-9(3-4-11(15)16)14-12(17)10-7-13-5-6-18-10;/h3-4,8,10,13H,2,5-7H2,1H3,(H,14,17);1H. The first kappa shape index (κ1) is 15.7. The molecule has 0 saturated carbocycles. The number of carbonyl (C=O) groups excluding carboxylic acids is 1. The maximum Gasteiger partial charge on any atom is 0.254 e. The van der Waals surface area contributed by atoms with Gasteiger partial charge in [-0.2, -0.15) is 0 Å². The highest BCUT2D eigenvalue weighted by Gasteiger charge is 2.21. The normalized spacial score (nSPS) is 18.5. The van der Waals surface area contributed by atoms with Gasteiger partial charge >= 0.3 is 0 Å². The molecular formula is C12H18ClN3O3. The number of aryl methyl sites for hydroxylation is 1. The lowest BCUT2D eigenvalue weighted by molar-refractivity contribution is -0.128. The average molecular weight is 288 g/mol. The van der Waals surface area contributed by atoms with Crippen LogP contribution < -0.4 is 16.2 Å². The van der Waals surface area contributed by atoms with Crippen molar-refractivity contribution in [2.24, 2.45) is 0 Å². The van der Waals surface area contributed by atoms with E-state index in [2.05, 4.69) is 10.6 Å². The summed E-state index contributed by atoms with van der Waals surface area (Å²) in [6.45, 7) is 4.27. The Hall–Kier alpha value is -1.37. The second-order valence-electron chi connectivity index (χ2n) is 4.09. The molecule has 1 atom stereocenters. The van der Waals surface area contributed by atoms with Gasteiger partial charge in [0.25, 0.3) is 11.5 Å².